The lowest BCUT2D eigenvalue weighted by Gasteiger charge is -2.26. The van der Waals surface area contributed by atoms with Crippen molar-refractivity contribution in [2.75, 3.05) is 31.7 Å². The van der Waals surface area contributed by atoms with Crippen molar-refractivity contribution in [2.24, 2.45) is 0 Å². The van der Waals surface area contributed by atoms with Gasteiger partial charge in [-0.1, -0.05) is 54.2 Å². The van der Waals surface area contributed by atoms with Gasteiger partial charge in [0.25, 0.3) is 0 Å². The molecule has 0 amide bonds. The summed E-state index contributed by atoms with van der Waals surface area (Å²) in [6.45, 7) is 6.00. The number of aliphatic carboxylic acids is 1. The van der Waals surface area contributed by atoms with Crippen LogP contribution in [-0.2, 0) is 22.6 Å². The van der Waals surface area contributed by atoms with E-state index in [1.165, 1.54) is 23.1 Å². The second-order valence-electron chi connectivity index (χ2n) is 7.97. The molecule has 1 aromatic heterocycles. The summed E-state index contributed by atoms with van der Waals surface area (Å²) in [5, 5.41) is 11.4. The maximum Gasteiger partial charge on any atom is 0.319 e. The third kappa shape index (κ3) is 7.48. The van der Waals surface area contributed by atoms with Crippen LogP contribution in [-0.4, -0.2) is 47.6 Å². The molecule has 3 rings (SSSR count). The van der Waals surface area contributed by atoms with Gasteiger partial charge in [0.1, 0.15) is 10.5 Å². The molecule has 0 bridgehead atoms. The summed E-state index contributed by atoms with van der Waals surface area (Å²) in [6, 6.07) is 18.1. The van der Waals surface area contributed by atoms with Crippen molar-refractivity contribution in [2.45, 2.75) is 36.0 Å². The Hall–Kier alpha value is -2.55. The second-order valence-corrected chi connectivity index (χ2v) is 10.7. The highest BCUT2D eigenvalue weighted by atomic mass is 32.2. The van der Waals surface area contributed by atoms with E-state index in [-0.39, 0.29) is 0 Å². The van der Waals surface area contributed by atoms with Gasteiger partial charge < -0.3 is 19.5 Å². The van der Waals surface area contributed by atoms with E-state index in [0.717, 1.165) is 40.0 Å². The number of rotatable bonds is 13. The topological polar surface area (TPSA) is 71.9 Å². The molecule has 0 aliphatic rings. The number of carboxylic acid groups (broad SMARTS) is 1. The molecule has 6 nitrogen and oxygen atoms in total. The minimum absolute atomic E-state index is 0.576. The zero-order valence-corrected chi connectivity index (χ0v) is 20.8. The van der Waals surface area contributed by atoms with Gasteiger partial charge in [-0.3, -0.25) is 4.79 Å². The number of anilines is 1. The predicted octanol–water partition coefficient (Wildman–Crippen LogP) is 5.37. The fraction of sp³-hybridized carbons (Fsp3) is 0.360. The number of thioether (sulfide) groups is 1. The smallest absolute Gasteiger partial charge is 0.319 e. The number of thiazole rings is 1. The molecular formula is C25H30N2O4S2. The number of nitrogens with zero attached hydrogens (tertiary/aromatic N) is 2. The van der Waals surface area contributed by atoms with Gasteiger partial charge in [0, 0.05) is 24.9 Å². The van der Waals surface area contributed by atoms with E-state index in [0.29, 0.717) is 19.8 Å². The van der Waals surface area contributed by atoms with Crippen LogP contribution in [0.2, 0.25) is 0 Å². The summed E-state index contributed by atoms with van der Waals surface area (Å²) in [6.07, 6.45) is 0.737. The van der Waals surface area contributed by atoms with Crippen molar-refractivity contribution in [3.8, 4) is 5.75 Å². The average molecular weight is 487 g/mol. The number of hydrogen-bond acceptors (Lipinski definition) is 7. The van der Waals surface area contributed by atoms with Crippen LogP contribution < -0.4 is 9.64 Å². The quantitative estimate of drug-likeness (QED) is 0.257. The first kappa shape index (κ1) is 25.1. The van der Waals surface area contributed by atoms with Gasteiger partial charge >= 0.3 is 5.97 Å². The highest BCUT2D eigenvalue weighted by Gasteiger charge is 2.29. The summed E-state index contributed by atoms with van der Waals surface area (Å²) in [7, 11) is 1.68. The molecule has 0 fully saturated rings. The molecule has 0 radical (unpaired) electrons. The highest BCUT2D eigenvalue weighted by Crippen LogP contribution is 2.35. The van der Waals surface area contributed by atoms with E-state index >= 15 is 0 Å². The van der Waals surface area contributed by atoms with Gasteiger partial charge in [-0.05, 0) is 31.5 Å². The van der Waals surface area contributed by atoms with Gasteiger partial charge in [0.05, 0.1) is 31.7 Å². The number of methoxy groups -OCH3 is 1. The van der Waals surface area contributed by atoms with E-state index in [2.05, 4.69) is 22.0 Å². The molecule has 8 heteroatoms. The molecular weight excluding hydrogens is 456 g/mol. The van der Waals surface area contributed by atoms with Crippen LogP contribution in [0.15, 0.2) is 64.3 Å². The molecule has 0 aliphatic heterocycles. The molecule has 0 atom stereocenters. The first-order valence-electron chi connectivity index (χ1n) is 10.8. The number of hydrogen-bond donors (Lipinski definition) is 1. The zero-order chi connectivity index (χ0) is 23.7. The maximum atomic E-state index is 11.4. The highest BCUT2D eigenvalue weighted by molar-refractivity contribution is 8.02. The van der Waals surface area contributed by atoms with E-state index in [9.17, 15) is 9.90 Å². The predicted molar refractivity (Wildman–Crippen MR) is 135 cm³/mol. The number of aromatic nitrogens is 1. The molecule has 0 aliphatic carbocycles. The standard InChI is InChI=1S/C25H30N2O4S2/c1-25(2,23(28)29)33-24-26-20(18-32-24)13-14-27(21-11-7-8-12-22(21)30-3)15-16-31-17-19-9-5-4-6-10-19/h4-12,18H,13-17H2,1-3H3,(H,28,29). The lowest BCUT2D eigenvalue weighted by Crippen LogP contribution is -2.30. The molecule has 0 saturated carbocycles. The Balaban J connectivity index is 1.62. The van der Waals surface area contributed by atoms with Crippen LogP contribution in [0.3, 0.4) is 0 Å². The Kier molecular flexibility index (Phi) is 9.17. The van der Waals surface area contributed by atoms with Gasteiger partial charge in [-0.25, -0.2) is 4.98 Å². The minimum atomic E-state index is -0.908. The Morgan fingerprint density at radius 3 is 2.58 bits per heavy atom. The third-order valence-corrected chi connectivity index (χ3v) is 7.24. The van der Waals surface area contributed by atoms with Crippen LogP contribution in [0.25, 0.3) is 0 Å². The largest absolute Gasteiger partial charge is 0.495 e. The third-order valence-electron chi connectivity index (χ3n) is 5.07. The molecule has 1 heterocycles. The van der Waals surface area contributed by atoms with Crippen molar-refractivity contribution in [3.63, 3.8) is 0 Å². The fourth-order valence-corrected chi connectivity index (χ4v) is 5.37. The summed E-state index contributed by atoms with van der Waals surface area (Å²) in [5.41, 5.74) is 3.12. The summed E-state index contributed by atoms with van der Waals surface area (Å²) in [4.78, 5) is 18.3. The van der Waals surface area contributed by atoms with E-state index in [4.69, 9.17) is 9.47 Å². The van der Waals surface area contributed by atoms with E-state index in [1.54, 1.807) is 21.0 Å². The van der Waals surface area contributed by atoms with Crippen LogP contribution in [0.5, 0.6) is 5.75 Å². The van der Waals surface area contributed by atoms with Crippen LogP contribution in [0.4, 0.5) is 5.69 Å². The molecule has 0 spiro atoms. The van der Waals surface area contributed by atoms with Gasteiger partial charge in [-0.2, -0.15) is 0 Å². The number of benzene rings is 2. The monoisotopic (exact) mass is 486 g/mol. The van der Waals surface area contributed by atoms with Crippen molar-refractivity contribution >= 4 is 34.8 Å². The summed E-state index contributed by atoms with van der Waals surface area (Å²) >= 11 is 2.77. The number of carbonyl (C=O) groups is 1. The van der Waals surface area contributed by atoms with Crippen molar-refractivity contribution in [1.29, 1.82) is 0 Å². The SMILES string of the molecule is COc1ccccc1N(CCOCc1ccccc1)CCc1csc(SC(C)(C)C(=O)O)n1. The Bertz CT molecular complexity index is 1020. The first-order valence-corrected chi connectivity index (χ1v) is 12.4. The number of para-hydroxylation sites is 2. The first-order chi connectivity index (χ1) is 15.9. The van der Waals surface area contributed by atoms with Gasteiger partial charge in [0.2, 0.25) is 0 Å². The van der Waals surface area contributed by atoms with Crippen LogP contribution in [0.1, 0.15) is 25.1 Å². The molecule has 33 heavy (non-hydrogen) atoms. The zero-order valence-electron chi connectivity index (χ0n) is 19.2. The molecule has 0 saturated heterocycles. The van der Waals surface area contributed by atoms with Gasteiger partial charge in [-0.15, -0.1) is 11.3 Å². The molecule has 176 valence electrons. The summed E-state index contributed by atoms with van der Waals surface area (Å²) in [5.74, 6) is -0.0274. The normalized spacial score (nSPS) is 11.4. The molecule has 1 N–H and O–H groups in total. The van der Waals surface area contributed by atoms with Crippen molar-refractivity contribution in [1.82, 2.24) is 4.98 Å². The summed E-state index contributed by atoms with van der Waals surface area (Å²) < 4.78 is 11.4. The lowest BCUT2D eigenvalue weighted by atomic mass is 10.2. The van der Waals surface area contributed by atoms with Gasteiger partial charge in [0.15, 0.2) is 4.34 Å². The van der Waals surface area contributed by atoms with Crippen LogP contribution >= 0.6 is 23.1 Å². The average Bonchev–Trinajstić information content (AvgIpc) is 3.25. The molecule has 0 unspecified atom stereocenters. The maximum absolute atomic E-state index is 11.4. The van der Waals surface area contributed by atoms with Crippen LogP contribution in [0, 0.1) is 0 Å². The Morgan fingerprint density at radius 1 is 1.12 bits per heavy atom. The molecule has 2 aromatic carbocycles. The van der Waals surface area contributed by atoms with Crippen molar-refractivity contribution < 1.29 is 19.4 Å². The second kappa shape index (κ2) is 12.1. The number of ether oxygens (including phenoxy) is 2. The lowest BCUT2D eigenvalue weighted by molar-refractivity contribution is -0.138. The molecule has 3 aromatic rings. The van der Waals surface area contributed by atoms with E-state index < -0.39 is 10.7 Å². The van der Waals surface area contributed by atoms with Crippen molar-refractivity contribution in [3.05, 3.63) is 71.2 Å². The minimum Gasteiger partial charge on any atom is -0.495 e. The Labute approximate surface area is 203 Å². The Morgan fingerprint density at radius 2 is 1.85 bits per heavy atom. The van der Waals surface area contributed by atoms with E-state index in [1.807, 2.05) is 47.8 Å². The fourth-order valence-electron chi connectivity index (χ4n) is 3.14. The number of carboxylic acids is 1.